The first kappa shape index (κ1) is 11.4. The second-order valence-electron chi connectivity index (χ2n) is 3.35. The van der Waals surface area contributed by atoms with Crippen molar-refractivity contribution in [2.45, 2.75) is 0 Å². The number of hydrogen-bond acceptors (Lipinski definition) is 3. The maximum absolute atomic E-state index is 5.41. The summed E-state index contributed by atoms with van der Waals surface area (Å²) in [5, 5.41) is 3.08. The summed E-state index contributed by atoms with van der Waals surface area (Å²) in [5.41, 5.74) is 7.10. The summed E-state index contributed by atoms with van der Waals surface area (Å²) in [6, 6.07) is 5.60. The highest BCUT2D eigenvalue weighted by Gasteiger charge is 2.06. The summed E-state index contributed by atoms with van der Waals surface area (Å²) in [4.78, 5) is 4.00. The summed E-state index contributed by atoms with van der Waals surface area (Å²) in [7, 11) is 1.61. The maximum atomic E-state index is 5.41. The van der Waals surface area contributed by atoms with Crippen LogP contribution in [0.15, 0.2) is 36.9 Å². The molecule has 1 aromatic carbocycles. The number of methoxy groups -OCH3 is 1. The Kier molecular flexibility index (Phi) is 3.24. The fraction of sp³-hybridized carbons (Fsp3) is 0.0909. The van der Waals surface area contributed by atoms with Gasteiger partial charge in [0, 0.05) is 24.1 Å². The zero-order valence-corrected chi connectivity index (χ0v) is 10.1. The van der Waals surface area contributed by atoms with E-state index in [1.807, 2.05) is 29.0 Å². The molecule has 3 N–H and O–H groups in total. The smallest absolute Gasteiger partial charge is 0.168 e. The number of hydrogen-bond donors (Lipinski definition) is 2. The van der Waals surface area contributed by atoms with Gasteiger partial charge in [-0.15, -0.1) is 0 Å². The van der Waals surface area contributed by atoms with Crippen molar-refractivity contribution in [3.63, 3.8) is 0 Å². The summed E-state index contributed by atoms with van der Waals surface area (Å²) in [5.74, 6) is 0.712. The van der Waals surface area contributed by atoms with E-state index < -0.39 is 0 Å². The van der Waals surface area contributed by atoms with E-state index in [4.69, 9.17) is 22.7 Å². The summed E-state index contributed by atoms with van der Waals surface area (Å²) in [6.45, 7) is 0. The molecule has 1 heterocycles. The Balaban J connectivity index is 2.38. The standard InChI is InChI=1S/C11H12N4OS/c1-16-10-6-8(14-11(12)17)2-3-9(10)15-5-4-13-7-15/h2-7H,1H3,(H3,12,14,17). The van der Waals surface area contributed by atoms with Gasteiger partial charge in [0.15, 0.2) is 5.11 Å². The first-order chi connectivity index (χ1) is 8.20. The minimum atomic E-state index is 0.224. The molecule has 0 aliphatic heterocycles. The molecule has 0 atom stereocenters. The molecular weight excluding hydrogens is 236 g/mol. The molecule has 6 heteroatoms. The third-order valence-electron chi connectivity index (χ3n) is 2.23. The van der Waals surface area contributed by atoms with Crippen LogP contribution in [0, 0.1) is 0 Å². The van der Waals surface area contributed by atoms with Gasteiger partial charge in [0.25, 0.3) is 0 Å². The van der Waals surface area contributed by atoms with Crippen molar-refractivity contribution in [2.24, 2.45) is 5.73 Å². The highest BCUT2D eigenvalue weighted by Crippen LogP contribution is 2.26. The van der Waals surface area contributed by atoms with Crippen LogP contribution in [0.5, 0.6) is 5.75 Å². The van der Waals surface area contributed by atoms with Gasteiger partial charge in [-0.3, -0.25) is 0 Å². The van der Waals surface area contributed by atoms with Gasteiger partial charge in [0.05, 0.1) is 19.1 Å². The third kappa shape index (κ3) is 2.54. The van der Waals surface area contributed by atoms with E-state index in [1.165, 1.54) is 0 Å². The summed E-state index contributed by atoms with van der Waals surface area (Å²) < 4.78 is 7.18. The van der Waals surface area contributed by atoms with Crippen molar-refractivity contribution in [3.8, 4) is 11.4 Å². The van der Waals surface area contributed by atoms with Gasteiger partial charge in [-0.05, 0) is 24.4 Å². The fourth-order valence-corrected chi connectivity index (χ4v) is 1.63. The third-order valence-corrected chi connectivity index (χ3v) is 2.33. The Morgan fingerprint density at radius 2 is 2.35 bits per heavy atom. The van der Waals surface area contributed by atoms with Crippen LogP contribution < -0.4 is 15.8 Å². The monoisotopic (exact) mass is 248 g/mol. The number of nitrogens with one attached hydrogen (secondary N) is 1. The zero-order chi connectivity index (χ0) is 12.3. The molecule has 0 saturated heterocycles. The van der Waals surface area contributed by atoms with Crippen LogP contribution in [-0.2, 0) is 0 Å². The van der Waals surface area contributed by atoms with Gasteiger partial charge in [-0.1, -0.05) is 0 Å². The van der Waals surface area contributed by atoms with Crippen molar-refractivity contribution in [1.29, 1.82) is 0 Å². The first-order valence-corrected chi connectivity index (χ1v) is 5.34. The summed E-state index contributed by atoms with van der Waals surface area (Å²) in [6.07, 6.45) is 5.26. The minimum Gasteiger partial charge on any atom is -0.494 e. The van der Waals surface area contributed by atoms with Gasteiger partial charge in [0.2, 0.25) is 0 Å². The molecule has 0 bridgehead atoms. The van der Waals surface area contributed by atoms with Crippen molar-refractivity contribution >= 4 is 23.0 Å². The van der Waals surface area contributed by atoms with E-state index >= 15 is 0 Å². The van der Waals surface area contributed by atoms with E-state index in [1.54, 1.807) is 19.6 Å². The lowest BCUT2D eigenvalue weighted by atomic mass is 10.2. The Labute approximate surface area is 104 Å². The number of imidazole rings is 1. The predicted octanol–water partition coefficient (Wildman–Crippen LogP) is 1.54. The van der Waals surface area contributed by atoms with Crippen LogP contribution in [-0.4, -0.2) is 21.8 Å². The Bertz CT molecular complexity index is 524. The second kappa shape index (κ2) is 4.84. The lowest BCUT2D eigenvalue weighted by molar-refractivity contribution is 0.413. The Hall–Kier alpha value is -2.08. The van der Waals surface area contributed by atoms with Crippen LogP contribution in [0.4, 0.5) is 5.69 Å². The van der Waals surface area contributed by atoms with Crippen LogP contribution in [0.2, 0.25) is 0 Å². The molecule has 0 amide bonds. The Morgan fingerprint density at radius 1 is 1.53 bits per heavy atom. The maximum Gasteiger partial charge on any atom is 0.168 e. The molecule has 0 unspecified atom stereocenters. The topological polar surface area (TPSA) is 65.1 Å². The van der Waals surface area contributed by atoms with Gasteiger partial charge < -0.3 is 20.4 Å². The molecule has 88 valence electrons. The Morgan fingerprint density at radius 3 is 2.94 bits per heavy atom. The van der Waals surface area contributed by atoms with E-state index in [2.05, 4.69) is 10.3 Å². The molecule has 0 saturated carbocycles. The van der Waals surface area contributed by atoms with Crippen molar-refractivity contribution < 1.29 is 4.74 Å². The van der Waals surface area contributed by atoms with Crippen LogP contribution in [0.3, 0.4) is 0 Å². The average molecular weight is 248 g/mol. The van der Waals surface area contributed by atoms with E-state index in [0.717, 1.165) is 11.4 Å². The van der Waals surface area contributed by atoms with Gasteiger partial charge in [-0.2, -0.15) is 0 Å². The van der Waals surface area contributed by atoms with Gasteiger partial charge >= 0.3 is 0 Å². The van der Waals surface area contributed by atoms with Gasteiger partial charge in [-0.25, -0.2) is 4.98 Å². The number of rotatable bonds is 3. The van der Waals surface area contributed by atoms with Crippen LogP contribution in [0.1, 0.15) is 0 Å². The SMILES string of the molecule is COc1cc(NC(N)=S)ccc1-n1ccnc1. The second-order valence-corrected chi connectivity index (χ2v) is 3.79. The molecular formula is C11H12N4OS. The summed E-state index contributed by atoms with van der Waals surface area (Å²) >= 11 is 4.78. The quantitative estimate of drug-likeness (QED) is 0.807. The molecule has 0 aliphatic carbocycles. The van der Waals surface area contributed by atoms with Crippen molar-refractivity contribution in [3.05, 3.63) is 36.9 Å². The lowest BCUT2D eigenvalue weighted by Crippen LogP contribution is -2.18. The fourth-order valence-electron chi connectivity index (χ4n) is 1.51. The largest absolute Gasteiger partial charge is 0.494 e. The normalized spacial score (nSPS) is 9.94. The van der Waals surface area contributed by atoms with Crippen LogP contribution in [0.25, 0.3) is 5.69 Å². The zero-order valence-electron chi connectivity index (χ0n) is 9.25. The number of anilines is 1. The highest BCUT2D eigenvalue weighted by atomic mass is 32.1. The molecule has 0 radical (unpaired) electrons. The number of aromatic nitrogens is 2. The van der Waals surface area contributed by atoms with Crippen molar-refractivity contribution in [1.82, 2.24) is 9.55 Å². The number of benzene rings is 1. The van der Waals surface area contributed by atoms with Gasteiger partial charge in [0.1, 0.15) is 5.75 Å². The molecule has 0 spiro atoms. The van der Waals surface area contributed by atoms with Crippen molar-refractivity contribution in [2.75, 3.05) is 12.4 Å². The molecule has 0 fully saturated rings. The number of nitrogens with two attached hydrogens (primary N) is 1. The number of ether oxygens (including phenoxy) is 1. The highest BCUT2D eigenvalue weighted by molar-refractivity contribution is 7.80. The predicted molar refractivity (Wildman–Crippen MR) is 70.5 cm³/mol. The average Bonchev–Trinajstić information content (AvgIpc) is 2.81. The van der Waals surface area contributed by atoms with E-state index in [9.17, 15) is 0 Å². The molecule has 17 heavy (non-hydrogen) atoms. The molecule has 1 aromatic heterocycles. The molecule has 2 aromatic rings. The minimum absolute atomic E-state index is 0.224. The number of nitrogens with zero attached hydrogens (tertiary/aromatic N) is 2. The number of thiocarbonyl (C=S) groups is 1. The van der Waals surface area contributed by atoms with E-state index in [-0.39, 0.29) is 5.11 Å². The first-order valence-electron chi connectivity index (χ1n) is 4.93. The molecule has 0 aliphatic rings. The van der Waals surface area contributed by atoms with Crippen LogP contribution >= 0.6 is 12.2 Å². The van der Waals surface area contributed by atoms with E-state index in [0.29, 0.717) is 5.75 Å². The lowest BCUT2D eigenvalue weighted by Gasteiger charge is -2.11. The molecule has 5 nitrogen and oxygen atoms in total. The molecule has 2 rings (SSSR count).